The zero-order chi connectivity index (χ0) is 38.6. The van der Waals surface area contributed by atoms with E-state index in [9.17, 15) is 14.4 Å². The predicted molar refractivity (Wildman–Crippen MR) is 219 cm³/mol. The number of rotatable bonds is 6. The van der Waals surface area contributed by atoms with Gasteiger partial charge < -0.3 is 35.4 Å². The Morgan fingerprint density at radius 3 is 1.60 bits per heavy atom. The van der Waals surface area contributed by atoms with Gasteiger partial charge in [0.25, 0.3) is 0 Å². The number of carboxylic acid groups (broad SMARTS) is 1. The van der Waals surface area contributed by atoms with E-state index < -0.39 is 5.97 Å². The van der Waals surface area contributed by atoms with Crippen LogP contribution in [0.1, 0.15) is 63.6 Å². The highest BCUT2D eigenvalue weighted by molar-refractivity contribution is 9.11. The van der Waals surface area contributed by atoms with Crippen LogP contribution in [0.4, 0.5) is 11.4 Å². The number of methoxy groups -OCH3 is 1. The minimum absolute atomic E-state index is 0.265. The van der Waals surface area contributed by atoms with Gasteiger partial charge in [-0.05, 0) is 138 Å². The van der Waals surface area contributed by atoms with Crippen LogP contribution in [-0.2, 0) is 18.8 Å². The lowest BCUT2D eigenvalue weighted by Crippen LogP contribution is -2.41. The molecule has 1 saturated heterocycles. The molecular formula is C36H39BBr2N2O8S3. The van der Waals surface area contributed by atoms with Crippen LogP contribution < -0.4 is 16.9 Å². The number of aromatic carboxylic acids is 1. The van der Waals surface area contributed by atoms with E-state index in [1.54, 1.807) is 31.2 Å². The average molecular weight is 895 g/mol. The number of esters is 2. The summed E-state index contributed by atoms with van der Waals surface area (Å²) in [6.07, 6.45) is 0. The standard InChI is InChI=1S/C13H13NO2S.C12H18BNO2.C6H5BrO2S.C5H3BrO2S/c1-2-16-13(15)12-8-7-11(17-12)9-3-5-10(14)6-4-9;1-11(2)12(3,4)16-13(15-11)9-5-7-10(14)8-6-9;1-9-6(8)4-2-3-5(7)10-4;6-4-2-1-3(9-4)5(7)8/h3-8H,2,14H2,1H3;5-8H,14H2,1-4H3;2-3H,1H3;1-2H,(H,7,8). The van der Waals surface area contributed by atoms with E-state index in [0.29, 0.717) is 21.2 Å². The summed E-state index contributed by atoms with van der Waals surface area (Å²) in [6, 6.07) is 25.7. The summed E-state index contributed by atoms with van der Waals surface area (Å²) in [5.41, 5.74) is 14.2. The third-order valence-corrected chi connectivity index (χ3v) is 11.8. The summed E-state index contributed by atoms with van der Waals surface area (Å²) in [6.45, 7) is 10.4. The smallest absolute Gasteiger partial charge is 0.477 e. The van der Waals surface area contributed by atoms with Gasteiger partial charge in [0, 0.05) is 16.3 Å². The van der Waals surface area contributed by atoms with Gasteiger partial charge in [0.05, 0.1) is 32.5 Å². The van der Waals surface area contributed by atoms with Crippen LogP contribution in [0.2, 0.25) is 0 Å². The first kappa shape index (κ1) is 42.9. The van der Waals surface area contributed by atoms with Crippen LogP contribution in [0.25, 0.3) is 10.4 Å². The first-order valence-electron chi connectivity index (χ1n) is 15.6. The van der Waals surface area contributed by atoms with E-state index in [1.807, 2.05) is 88.4 Å². The summed E-state index contributed by atoms with van der Waals surface area (Å²) in [5, 5.41) is 8.39. The molecule has 5 N–H and O–H groups in total. The van der Waals surface area contributed by atoms with Crippen molar-refractivity contribution in [2.75, 3.05) is 25.2 Å². The molecule has 0 unspecified atom stereocenters. The fraction of sp³-hybridized carbons (Fsp3) is 0.250. The number of carboxylic acids is 1. The Labute approximate surface area is 332 Å². The Balaban J connectivity index is 0.000000194. The molecular weight excluding hydrogens is 855 g/mol. The van der Waals surface area contributed by atoms with Crippen LogP contribution >= 0.6 is 65.9 Å². The number of carbonyl (C=O) groups is 3. The van der Waals surface area contributed by atoms with Crippen LogP contribution in [-0.4, -0.2) is 55.1 Å². The monoisotopic (exact) mass is 892 g/mol. The number of nitrogens with two attached hydrogens (primary N) is 2. The summed E-state index contributed by atoms with van der Waals surface area (Å²) >= 11 is 10.4. The van der Waals surface area contributed by atoms with Gasteiger partial charge in [-0.1, -0.05) is 24.3 Å². The highest BCUT2D eigenvalue weighted by Gasteiger charge is 2.51. The second kappa shape index (κ2) is 19.5. The van der Waals surface area contributed by atoms with Crippen molar-refractivity contribution >= 4 is 108 Å². The topological polar surface area (TPSA) is 160 Å². The van der Waals surface area contributed by atoms with Crippen LogP contribution in [0, 0.1) is 0 Å². The van der Waals surface area contributed by atoms with Crippen LogP contribution in [0.3, 0.4) is 0 Å². The second-order valence-electron chi connectivity index (χ2n) is 11.8. The zero-order valence-corrected chi connectivity index (χ0v) is 34.9. The molecule has 0 amide bonds. The number of hydrogen-bond donors (Lipinski definition) is 3. The molecule has 1 aliphatic heterocycles. The van der Waals surface area contributed by atoms with Crippen molar-refractivity contribution in [2.45, 2.75) is 45.8 Å². The number of anilines is 2. The first-order chi connectivity index (χ1) is 24.5. The summed E-state index contributed by atoms with van der Waals surface area (Å²) in [4.78, 5) is 35.2. The lowest BCUT2D eigenvalue weighted by atomic mass is 9.79. The van der Waals surface area contributed by atoms with Crippen LogP contribution in [0.15, 0.2) is 92.5 Å². The Bertz CT molecular complexity index is 1910. The minimum atomic E-state index is -0.870. The van der Waals surface area contributed by atoms with E-state index in [2.05, 4.69) is 36.6 Å². The molecule has 3 aromatic heterocycles. The van der Waals surface area contributed by atoms with Crippen molar-refractivity contribution in [2.24, 2.45) is 0 Å². The minimum Gasteiger partial charge on any atom is -0.477 e. The normalized spacial score (nSPS) is 13.7. The second-order valence-corrected chi connectivity index (χ2v) is 17.8. The Hall–Kier alpha value is -3.51. The quantitative estimate of drug-likeness (QED) is 0.0852. The maximum atomic E-state index is 11.5. The lowest BCUT2D eigenvalue weighted by Gasteiger charge is -2.32. The third-order valence-electron chi connectivity index (χ3n) is 7.48. The van der Waals surface area contributed by atoms with E-state index in [-0.39, 0.29) is 30.3 Å². The van der Waals surface area contributed by atoms with Crippen molar-refractivity contribution in [3.8, 4) is 10.4 Å². The molecule has 0 spiro atoms. The van der Waals surface area contributed by atoms with E-state index in [1.165, 1.54) is 41.1 Å². The largest absolute Gasteiger partial charge is 0.494 e. The Morgan fingerprint density at radius 2 is 1.17 bits per heavy atom. The number of thiophene rings is 3. The molecule has 0 atom stereocenters. The molecule has 4 heterocycles. The van der Waals surface area contributed by atoms with Gasteiger partial charge in [0.1, 0.15) is 14.6 Å². The number of hydrogen-bond acceptors (Lipinski definition) is 12. The molecule has 1 fully saturated rings. The maximum absolute atomic E-state index is 11.5. The average Bonchev–Trinajstić information content (AvgIpc) is 3.90. The Morgan fingerprint density at radius 1 is 0.712 bits per heavy atom. The van der Waals surface area contributed by atoms with Crippen molar-refractivity contribution in [3.63, 3.8) is 0 Å². The van der Waals surface area contributed by atoms with Gasteiger partial charge in [0.15, 0.2) is 0 Å². The SMILES string of the molecule is CC1(C)OB(c2ccc(N)cc2)OC1(C)C.CCOC(=O)c1ccc(-c2ccc(N)cc2)s1.COC(=O)c1ccc(Br)s1.O=C(O)c1ccc(Br)s1. The van der Waals surface area contributed by atoms with Crippen molar-refractivity contribution in [3.05, 3.63) is 107 Å². The fourth-order valence-corrected chi connectivity index (χ4v) is 7.47. The van der Waals surface area contributed by atoms with Crippen molar-refractivity contribution < 1.29 is 38.3 Å². The highest BCUT2D eigenvalue weighted by Crippen LogP contribution is 2.36. The fourth-order valence-electron chi connectivity index (χ4n) is 4.04. The van der Waals surface area contributed by atoms with Gasteiger partial charge in [0.2, 0.25) is 0 Å². The molecule has 0 bridgehead atoms. The lowest BCUT2D eigenvalue weighted by molar-refractivity contribution is 0.00578. The summed E-state index contributed by atoms with van der Waals surface area (Å²) < 4.78 is 23.1. The maximum Gasteiger partial charge on any atom is 0.494 e. The van der Waals surface area contributed by atoms with Gasteiger partial charge in [-0.3, -0.25) is 0 Å². The van der Waals surface area contributed by atoms with Gasteiger partial charge in [-0.15, -0.1) is 34.0 Å². The van der Waals surface area contributed by atoms with Gasteiger partial charge in [-0.2, -0.15) is 0 Å². The van der Waals surface area contributed by atoms with E-state index in [4.69, 9.17) is 30.6 Å². The number of carbonyl (C=O) groups excluding carboxylic acids is 2. The molecule has 6 rings (SSSR count). The molecule has 52 heavy (non-hydrogen) atoms. The zero-order valence-electron chi connectivity index (χ0n) is 29.3. The molecule has 0 saturated carbocycles. The summed E-state index contributed by atoms with van der Waals surface area (Å²) in [5.74, 6) is -1.42. The number of halogens is 2. The Kier molecular flexibility index (Phi) is 16.1. The highest BCUT2D eigenvalue weighted by atomic mass is 79.9. The summed E-state index contributed by atoms with van der Waals surface area (Å²) in [7, 11) is 1.07. The number of ether oxygens (including phenoxy) is 2. The number of benzene rings is 2. The van der Waals surface area contributed by atoms with Gasteiger partial charge >= 0.3 is 25.0 Å². The molecule has 0 radical (unpaired) electrons. The number of nitrogen functional groups attached to an aromatic ring is 2. The van der Waals surface area contributed by atoms with Gasteiger partial charge in [-0.25, -0.2) is 14.4 Å². The molecule has 276 valence electrons. The molecule has 0 aliphatic carbocycles. The third kappa shape index (κ3) is 12.6. The predicted octanol–water partition coefficient (Wildman–Crippen LogP) is 9.25. The van der Waals surface area contributed by atoms with E-state index >= 15 is 0 Å². The first-order valence-corrected chi connectivity index (χ1v) is 19.7. The molecule has 2 aromatic carbocycles. The molecule has 16 heteroatoms. The molecule has 5 aromatic rings. The van der Waals surface area contributed by atoms with E-state index in [0.717, 1.165) is 34.9 Å². The van der Waals surface area contributed by atoms with Crippen molar-refractivity contribution in [1.29, 1.82) is 0 Å². The molecule has 10 nitrogen and oxygen atoms in total. The van der Waals surface area contributed by atoms with Crippen LogP contribution in [0.5, 0.6) is 0 Å². The van der Waals surface area contributed by atoms with Crippen molar-refractivity contribution in [1.82, 2.24) is 0 Å². The molecule has 1 aliphatic rings.